The quantitative estimate of drug-likeness (QED) is 0.369. The highest BCUT2D eigenvalue weighted by Crippen LogP contribution is 2.26. The number of halogens is 2. The Balaban J connectivity index is 1.45. The lowest BCUT2D eigenvalue weighted by molar-refractivity contribution is 0.0958. The number of nitrogens with one attached hydrogen (secondary N) is 3. The van der Waals surface area contributed by atoms with E-state index in [9.17, 15) is 9.18 Å². The Hall–Kier alpha value is -3.98. The highest BCUT2D eigenvalue weighted by Gasteiger charge is 2.09. The molecular formula is C22H18ClFN6O2. The molecule has 0 saturated heterocycles. The lowest BCUT2D eigenvalue weighted by Gasteiger charge is -2.07. The second-order valence-corrected chi connectivity index (χ2v) is 7.08. The topological polar surface area (TPSA) is 105 Å². The number of aromatic nitrogens is 4. The van der Waals surface area contributed by atoms with Crippen LogP contribution in [-0.4, -0.2) is 33.1 Å². The first-order valence-corrected chi connectivity index (χ1v) is 9.94. The van der Waals surface area contributed by atoms with Crippen LogP contribution in [0.15, 0.2) is 60.8 Å². The van der Waals surface area contributed by atoms with Crippen LogP contribution in [0.1, 0.15) is 16.1 Å². The number of hydrogen-bond acceptors (Lipinski definition) is 6. The molecule has 32 heavy (non-hydrogen) atoms. The average Bonchev–Trinajstić information content (AvgIpc) is 3.29. The van der Waals surface area contributed by atoms with Crippen LogP contribution in [0.3, 0.4) is 0 Å². The summed E-state index contributed by atoms with van der Waals surface area (Å²) in [4.78, 5) is 18.8. The maximum atomic E-state index is 13.0. The normalized spacial score (nSPS) is 10.6. The van der Waals surface area contributed by atoms with E-state index in [1.165, 1.54) is 13.2 Å². The van der Waals surface area contributed by atoms with Crippen molar-refractivity contribution >= 4 is 29.1 Å². The molecule has 0 bridgehead atoms. The molecule has 10 heteroatoms. The predicted molar refractivity (Wildman–Crippen MR) is 119 cm³/mol. The molecule has 3 N–H and O–H groups in total. The molecule has 0 aliphatic heterocycles. The summed E-state index contributed by atoms with van der Waals surface area (Å²) in [6.07, 6.45) is 1.51. The van der Waals surface area contributed by atoms with Gasteiger partial charge < -0.3 is 20.4 Å². The van der Waals surface area contributed by atoms with Gasteiger partial charge in [0.2, 0.25) is 5.95 Å². The van der Waals surface area contributed by atoms with Crippen LogP contribution < -0.4 is 15.4 Å². The zero-order valence-corrected chi connectivity index (χ0v) is 17.7. The van der Waals surface area contributed by atoms with E-state index < -0.39 is 6.67 Å². The van der Waals surface area contributed by atoms with Crippen molar-refractivity contribution in [2.24, 2.45) is 0 Å². The molecule has 0 aliphatic rings. The summed E-state index contributed by atoms with van der Waals surface area (Å²) in [5.41, 5.74) is 2.09. The smallest absolute Gasteiger partial charge is 0.269 e. The lowest BCUT2D eigenvalue weighted by Crippen LogP contribution is -2.18. The summed E-state index contributed by atoms with van der Waals surface area (Å²) in [5.74, 6) is 1.74. The van der Waals surface area contributed by atoms with E-state index in [4.69, 9.17) is 16.3 Å². The van der Waals surface area contributed by atoms with Gasteiger partial charge in [0, 0.05) is 41.1 Å². The highest BCUT2D eigenvalue weighted by molar-refractivity contribution is 6.31. The van der Waals surface area contributed by atoms with Crippen molar-refractivity contribution in [2.45, 2.75) is 6.67 Å². The minimum atomic E-state index is -0.656. The van der Waals surface area contributed by atoms with E-state index in [-0.39, 0.29) is 11.6 Å². The van der Waals surface area contributed by atoms with E-state index in [1.54, 1.807) is 42.5 Å². The first kappa shape index (κ1) is 21.3. The Morgan fingerprint density at radius 1 is 1.09 bits per heavy atom. The number of H-pyrrole nitrogens is 1. The number of pyridine rings is 1. The Labute approximate surface area is 187 Å². The first-order chi connectivity index (χ1) is 15.6. The summed E-state index contributed by atoms with van der Waals surface area (Å²) in [6.45, 7) is -0.656. The number of alkyl halides is 1. The van der Waals surface area contributed by atoms with Gasteiger partial charge in [-0.3, -0.25) is 9.78 Å². The zero-order valence-electron chi connectivity index (χ0n) is 16.9. The molecule has 1 amide bonds. The fraction of sp³-hybridized carbons (Fsp3) is 0.0909. The molecule has 4 aromatic rings. The van der Waals surface area contributed by atoms with Gasteiger partial charge in [0.15, 0.2) is 5.82 Å². The number of aromatic amines is 1. The minimum absolute atomic E-state index is 0.266. The third kappa shape index (κ3) is 4.84. The molecule has 2 aromatic heterocycles. The monoisotopic (exact) mass is 452 g/mol. The largest absolute Gasteiger partial charge is 0.457 e. The molecule has 2 heterocycles. The molecule has 0 radical (unpaired) electrons. The third-order valence-corrected chi connectivity index (χ3v) is 4.86. The van der Waals surface area contributed by atoms with Gasteiger partial charge in [-0.05, 0) is 48.5 Å². The van der Waals surface area contributed by atoms with E-state index >= 15 is 0 Å². The van der Waals surface area contributed by atoms with Gasteiger partial charge in [-0.1, -0.05) is 11.6 Å². The van der Waals surface area contributed by atoms with Crippen LogP contribution in [0.25, 0.3) is 11.4 Å². The Bertz CT molecular complexity index is 1250. The van der Waals surface area contributed by atoms with Crippen LogP contribution in [0.2, 0.25) is 5.02 Å². The first-order valence-electron chi connectivity index (χ1n) is 9.56. The van der Waals surface area contributed by atoms with Crippen LogP contribution in [-0.2, 0) is 6.67 Å². The number of nitrogens with zero attached hydrogens (tertiary/aromatic N) is 3. The van der Waals surface area contributed by atoms with Crippen molar-refractivity contribution in [3.05, 3.63) is 77.1 Å². The Morgan fingerprint density at radius 2 is 1.91 bits per heavy atom. The molecule has 0 aliphatic carbocycles. The molecule has 0 saturated carbocycles. The van der Waals surface area contributed by atoms with Crippen molar-refractivity contribution in [3.63, 3.8) is 0 Å². The molecule has 0 atom stereocenters. The Morgan fingerprint density at radius 3 is 2.66 bits per heavy atom. The van der Waals surface area contributed by atoms with Crippen molar-refractivity contribution in [2.75, 3.05) is 12.4 Å². The van der Waals surface area contributed by atoms with Gasteiger partial charge >= 0.3 is 0 Å². The number of amides is 1. The van der Waals surface area contributed by atoms with Crippen LogP contribution in [0.4, 0.5) is 16.0 Å². The van der Waals surface area contributed by atoms with E-state index in [1.807, 2.05) is 12.1 Å². The molecule has 0 fully saturated rings. The van der Waals surface area contributed by atoms with Crippen LogP contribution in [0, 0.1) is 0 Å². The summed E-state index contributed by atoms with van der Waals surface area (Å²) < 4.78 is 18.8. The van der Waals surface area contributed by atoms with Gasteiger partial charge in [-0.2, -0.15) is 0 Å². The number of anilines is 2. The SMILES string of the molecule is CNC(=O)c1cc(Oc2ccc(-c3nnc(Nc4ccc(Cl)c(CF)c4)[nH]3)cc2)ccn1. The number of carbonyl (C=O) groups excluding carboxylic acids is 1. The number of ether oxygens (including phenoxy) is 1. The highest BCUT2D eigenvalue weighted by atomic mass is 35.5. The molecule has 0 unspecified atom stereocenters. The number of rotatable bonds is 7. The maximum absolute atomic E-state index is 13.0. The van der Waals surface area contributed by atoms with Gasteiger partial charge in [-0.15, -0.1) is 10.2 Å². The number of hydrogen-bond donors (Lipinski definition) is 3. The van der Waals surface area contributed by atoms with E-state index in [2.05, 4.69) is 30.8 Å². The summed E-state index contributed by atoms with van der Waals surface area (Å²) >= 11 is 5.94. The number of benzene rings is 2. The van der Waals surface area contributed by atoms with E-state index in [0.717, 1.165) is 5.56 Å². The van der Waals surface area contributed by atoms with Gasteiger partial charge in [0.1, 0.15) is 23.9 Å². The Kier molecular flexibility index (Phi) is 6.27. The molecule has 162 valence electrons. The molecule has 4 rings (SSSR count). The van der Waals surface area contributed by atoms with E-state index in [0.29, 0.717) is 39.5 Å². The fourth-order valence-electron chi connectivity index (χ4n) is 2.88. The molecule has 8 nitrogen and oxygen atoms in total. The summed E-state index contributed by atoms with van der Waals surface area (Å²) in [5, 5.41) is 14.1. The molecule has 2 aromatic carbocycles. The average molecular weight is 453 g/mol. The summed E-state index contributed by atoms with van der Waals surface area (Å²) in [6, 6.07) is 15.4. The lowest BCUT2D eigenvalue weighted by atomic mass is 10.2. The van der Waals surface area contributed by atoms with Crippen molar-refractivity contribution < 1.29 is 13.9 Å². The second kappa shape index (κ2) is 9.44. The van der Waals surface area contributed by atoms with Crippen molar-refractivity contribution in [1.82, 2.24) is 25.5 Å². The van der Waals surface area contributed by atoms with Crippen molar-refractivity contribution in [3.8, 4) is 22.9 Å². The summed E-state index contributed by atoms with van der Waals surface area (Å²) in [7, 11) is 1.54. The van der Waals surface area contributed by atoms with Crippen LogP contribution >= 0.6 is 11.6 Å². The van der Waals surface area contributed by atoms with Crippen molar-refractivity contribution in [1.29, 1.82) is 0 Å². The van der Waals surface area contributed by atoms with Crippen LogP contribution in [0.5, 0.6) is 11.5 Å². The molecular weight excluding hydrogens is 435 g/mol. The zero-order chi connectivity index (χ0) is 22.5. The predicted octanol–water partition coefficient (Wildman–Crippen LogP) is 4.89. The second-order valence-electron chi connectivity index (χ2n) is 6.67. The van der Waals surface area contributed by atoms with Gasteiger partial charge in [0.25, 0.3) is 5.91 Å². The molecule has 0 spiro atoms. The number of carbonyl (C=O) groups is 1. The van der Waals surface area contributed by atoms with Gasteiger partial charge in [0.05, 0.1) is 0 Å². The maximum Gasteiger partial charge on any atom is 0.269 e. The fourth-order valence-corrected chi connectivity index (χ4v) is 3.05. The third-order valence-electron chi connectivity index (χ3n) is 4.49. The minimum Gasteiger partial charge on any atom is -0.457 e. The standard InChI is InChI=1S/C22H18ClFN6O2/c1-25-21(31)19-11-17(8-9-26-19)32-16-5-2-13(3-6-16)20-28-22(30-29-20)27-15-4-7-18(23)14(10-15)12-24/h2-11H,12H2,1H3,(H,25,31)(H2,27,28,29,30). The van der Waals surface area contributed by atoms with Gasteiger partial charge in [-0.25, -0.2) is 4.39 Å².